The third kappa shape index (κ3) is 8.33. The maximum absolute atomic E-state index is 13.0. The first-order valence-corrected chi connectivity index (χ1v) is 15.4. The molecule has 5 aromatic rings. The van der Waals surface area contributed by atoms with Crippen molar-refractivity contribution in [3.8, 4) is 11.4 Å². The molecule has 0 radical (unpaired) electrons. The predicted molar refractivity (Wildman–Crippen MR) is 176 cm³/mol. The second-order valence-corrected chi connectivity index (χ2v) is 12.0. The largest absolute Gasteiger partial charge is 0.488 e. The molecule has 218 valence electrons. The molecule has 1 amide bonds. The van der Waals surface area contributed by atoms with Crippen LogP contribution in [0.5, 0.6) is 5.75 Å². The van der Waals surface area contributed by atoms with E-state index in [1.165, 1.54) is 17.3 Å². The number of carbonyl (C=O) groups is 1. The first-order chi connectivity index (χ1) is 21.0. The van der Waals surface area contributed by atoms with Gasteiger partial charge in [-0.05, 0) is 67.9 Å². The van der Waals surface area contributed by atoms with Crippen molar-refractivity contribution < 1.29 is 9.53 Å². The van der Waals surface area contributed by atoms with Gasteiger partial charge in [-0.2, -0.15) is 5.10 Å². The minimum atomic E-state index is -0.482. The highest BCUT2D eigenvalue weighted by atomic mass is 79.9. The molecule has 1 heterocycles. The molecule has 4 aromatic carbocycles. The first kappa shape index (κ1) is 30.1. The monoisotopic (exact) mass is 654 g/mol. The van der Waals surface area contributed by atoms with Crippen LogP contribution >= 0.6 is 27.7 Å². The first-order valence-electron chi connectivity index (χ1n) is 13.7. The highest BCUT2D eigenvalue weighted by Gasteiger charge is 2.21. The number of para-hydroxylation sites is 2. The molecular weight excluding hydrogens is 624 g/mol. The Morgan fingerprint density at radius 1 is 1.00 bits per heavy atom. The summed E-state index contributed by atoms with van der Waals surface area (Å²) in [6.45, 7) is 4.76. The van der Waals surface area contributed by atoms with Crippen molar-refractivity contribution in [2.24, 2.45) is 5.10 Å². The Bertz CT molecular complexity index is 1690. The number of nitrogens with zero attached hydrogens (tertiary/aromatic N) is 4. The van der Waals surface area contributed by atoms with Crippen LogP contribution in [-0.4, -0.2) is 32.1 Å². The number of rotatable bonds is 12. The average Bonchev–Trinajstić information content (AvgIpc) is 3.42. The second kappa shape index (κ2) is 14.7. The minimum Gasteiger partial charge on any atom is -0.488 e. The van der Waals surface area contributed by atoms with Gasteiger partial charge in [-0.25, -0.2) is 5.43 Å². The smallest absolute Gasteiger partial charge is 0.253 e. The van der Waals surface area contributed by atoms with Crippen LogP contribution in [0, 0.1) is 6.92 Å². The number of aryl methyl sites for hydroxylation is 1. The van der Waals surface area contributed by atoms with E-state index in [0.717, 1.165) is 32.8 Å². The lowest BCUT2D eigenvalue weighted by Gasteiger charge is -2.13. The number of hydrogen-bond acceptors (Lipinski definition) is 7. The van der Waals surface area contributed by atoms with Crippen LogP contribution in [0.3, 0.4) is 0 Å². The molecule has 5 rings (SSSR count). The number of amides is 1. The molecule has 0 aliphatic rings. The molecule has 1 aromatic heterocycles. The molecule has 0 saturated carbocycles. The van der Waals surface area contributed by atoms with Crippen molar-refractivity contribution in [3.05, 3.63) is 130 Å². The number of halogens is 1. The number of ether oxygens (including phenoxy) is 1. The number of hydrogen-bond donors (Lipinski definition) is 2. The maximum Gasteiger partial charge on any atom is 0.253 e. The molecule has 0 bridgehead atoms. The molecule has 0 aliphatic carbocycles. The van der Waals surface area contributed by atoms with E-state index in [9.17, 15) is 4.79 Å². The zero-order valence-corrected chi connectivity index (χ0v) is 26.2. The van der Waals surface area contributed by atoms with Crippen LogP contribution < -0.4 is 15.5 Å². The summed E-state index contributed by atoms with van der Waals surface area (Å²) in [5.41, 5.74) is 7.56. The topological polar surface area (TPSA) is 93.4 Å². The molecular formula is C33H31BrN6O2S. The molecule has 0 unspecified atom stereocenters. The van der Waals surface area contributed by atoms with Gasteiger partial charge in [0.05, 0.1) is 18.0 Å². The zero-order chi connectivity index (χ0) is 30.0. The number of thioether (sulfide) groups is 1. The van der Waals surface area contributed by atoms with E-state index in [1.54, 1.807) is 6.21 Å². The fourth-order valence-corrected chi connectivity index (χ4v) is 5.48. The van der Waals surface area contributed by atoms with E-state index >= 15 is 0 Å². The van der Waals surface area contributed by atoms with E-state index < -0.39 is 5.25 Å². The van der Waals surface area contributed by atoms with Crippen molar-refractivity contribution in [3.63, 3.8) is 0 Å². The number of hydrazone groups is 1. The Hall–Kier alpha value is -4.41. The lowest BCUT2D eigenvalue weighted by Crippen LogP contribution is -2.27. The molecule has 0 aliphatic heterocycles. The van der Waals surface area contributed by atoms with Crippen molar-refractivity contribution in [2.45, 2.75) is 37.4 Å². The second-order valence-electron chi connectivity index (χ2n) is 9.74. The van der Waals surface area contributed by atoms with Gasteiger partial charge in [0.1, 0.15) is 12.4 Å². The van der Waals surface area contributed by atoms with Gasteiger partial charge in [-0.3, -0.25) is 9.36 Å². The molecule has 10 heteroatoms. The van der Waals surface area contributed by atoms with E-state index in [1.807, 2.05) is 102 Å². The van der Waals surface area contributed by atoms with Crippen molar-refractivity contribution in [1.29, 1.82) is 0 Å². The van der Waals surface area contributed by atoms with Crippen molar-refractivity contribution in [2.75, 3.05) is 5.32 Å². The summed E-state index contributed by atoms with van der Waals surface area (Å²) < 4.78 is 8.99. The van der Waals surface area contributed by atoms with Crippen LogP contribution in [-0.2, 0) is 17.9 Å². The lowest BCUT2D eigenvalue weighted by atomic mass is 10.2. The van der Waals surface area contributed by atoms with E-state index in [2.05, 4.69) is 61.0 Å². The fraction of sp³-hybridized carbons (Fsp3) is 0.152. The predicted octanol–water partition coefficient (Wildman–Crippen LogP) is 7.16. The van der Waals surface area contributed by atoms with Crippen LogP contribution in [0.2, 0.25) is 0 Å². The van der Waals surface area contributed by atoms with Gasteiger partial charge in [0.2, 0.25) is 0 Å². The summed E-state index contributed by atoms with van der Waals surface area (Å²) in [6.07, 6.45) is 1.59. The van der Waals surface area contributed by atoms with Gasteiger partial charge < -0.3 is 10.1 Å². The van der Waals surface area contributed by atoms with Gasteiger partial charge in [0, 0.05) is 21.4 Å². The summed E-state index contributed by atoms with van der Waals surface area (Å²) in [6, 6.07) is 33.6. The quantitative estimate of drug-likeness (QED) is 0.0842. The molecule has 2 N–H and O–H groups in total. The molecule has 0 saturated heterocycles. The summed E-state index contributed by atoms with van der Waals surface area (Å²) in [5, 5.41) is 16.6. The summed E-state index contributed by atoms with van der Waals surface area (Å²) >= 11 is 4.81. The number of carbonyl (C=O) groups excluding carboxylic acids is 1. The number of aromatic nitrogens is 3. The Morgan fingerprint density at radius 3 is 2.56 bits per heavy atom. The van der Waals surface area contributed by atoms with Crippen LogP contribution in [0.25, 0.3) is 5.69 Å². The Balaban J connectivity index is 1.23. The highest BCUT2D eigenvalue weighted by Crippen LogP contribution is 2.26. The zero-order valence-electron chi connectivity index (χ0n) is 23.8. The number of anilines is 1. The number of benzene rings is 4. The molecule has 8 nitrogen and oxygen atoms in total. The molecule has 1 atom stereocenters. The summed E-state index contributed by atoms with van der Waals surface area (Å²) in [5.74, 6) is 1.15. The Kier molecular flexibility index (Phi) is 10.2. The van der Waals surface area contributed by atoms with E-state index in [0.29, 0.717) is 24.1 Å². The Morgan fingerprint density at radius 2 is 1.77 bits per heavy atom. The van der Waals surface area contributed by atoms with E-state index in [-0.39, 0.29) is 5.91 Å². The molecule has 43 heavy (non-hydrogen) atoms. The van der Waals surface area contributed by atoms with Gasteiger partial charge in [-0.1, -0.05) is 87.9 Å². The minimum absolute atomic E-state index is 0.254. The SMILES string of the molecule is Cc1ccc(NCc2nnc(S[C@@H](C)C(=O)N/N=C/c3ccccc3OCc3cccc(Br)c3)n2-c2ccccc2)cc1. The summed E-state index contributed by atoms with van der Waals surface area (Å²) in [7, 11) is 0. The third-order valence-electron chi connectivity index (χ3n) is 6.45. The fourth-order valence-electron chi connectivity index (χ4n) is 4.15. The Labute approximate surface area is 263 Å². The molecule has 0 spiro atoms. The van der Waals surface area contributed by atoms with Crippen LogP contribution in [0.1, 0.15) is 29.4 Å². The van der Waals surface area contributed by atoms with Gasteiger partial charge in [0.25, 0.3) is 5.91 Å². The highest BCUT2D eigenvalue weighted by molar-refractivity contribution is 9.10. The van der Waals surface area contributed by atoms with Gasteiger partial charge >= 0.3 is 0 Å². The van der Waals surface area contributed by atoms with Crippen molar-refractivity contribution in [1.82, 2.24) is 20.2 Å². The van der Waals surface area contributed by atoms with Gasteiger partial charge in [0.15, 0.2) is 11.0 Å². The third-order valence-corrected chi connectivity index (χ3v) is 7.99. The summed E-state index contributed by atoms with van der Waals surface area (Å²) in [4.78, 5) is 13.0. The van der Waals surface area contributed by atoms with Crippen LogP contribution in [0.4, 0.5) is 5.69 Å². The van der Waals surface area contributed by atoms with Crippen LogP contribution in [0.15, 0.2) is 118 Å². The standard InChI is InChI=1S/C33H31BrN6O2S/c1-23-15-17-28(18-16-23)35-21-31-37-39-33(40(31)29-12-4-3-5-13-29)43-24(2)32(41)38-36-20-26-10-6-7-14-30(26)42-22-25-9-8-11-27(34)19-25/h3-20,24,35H,21-22H2,1-2H3,(H,38,41)/b36-20+/t24-/m0/s1. The normalized spacial score (nSPS) is 11.8. The lowest BCUT2D eigenvalue weighted by molar-refractivity contribution is -0.120. The average molecular weight is 656 g/mol. The van der Waals surface area contributed by atoms with Crippen molar-refractivity contribution >= 4 is 45.5 Å². The van der Waals surface area contributed by atoms with E-state index in [4.69, 9.17) is 4.74 Å². The molecule has 0 fully saturated rings. The maximum atomic E-state index is 13.0. The number of nitrogens with one attached hydrogen (secondary N) is 2. The van der Waals surface area contributed by atoms with Gasteiger partial charge in [-0.15, -0.1) is 10.2 Å².